The van der Waals surface area contributed by atoms with Crippen molar-refractivity contribution >= 4 is 16.0 Å². The monoisotopic (exact) mass is 305 g/mol. The van der Waals surface area contributed by atoms with Crippen LogP contribution in [0.4, 0.5) is 4.39 Å². The number of sulfonamides is 1. The Morgan fingerprint density at radius 1 is 1.45 bits per heavy atom. The van der Waals surface area contributed by atoms with Crippen LogP contribution in [-0.4, -0.2) is 37.2 Å². The van der Waals surface area contributed by atoms with Gasteiger partial charge in [-0.05, 0) is 31.0 Å². The van der Waals surface area contributed by atoms with E-state index in [1.54, 1.807) is 6.92 Å². The van der Waals surface area contributed by atoms with Crippen molar-refractivity contribution in [1.82, 2.24) is 4.72 Å². The van der Waals surface area contributed by atoms with Crippen LogP contribution in [0.15, 0.2) is 23.1 Å². The SMILES string of the molecule is CCC(CCO)NS(=O)(=O)c1ccc(C(=O)O)cc1F. The molecule has 1 unspecified atom stereocenters. The maximum absolute atomic E-state index is 13.7. The lowest BCUT2D eigenvalue weighted by molar-refractivity contribution is 0.0696. The lowest BCUT2D eigenvalue weighted by Gasteiger charge is -2.16. The second-order valence-corrected chi connectivity index (χ2v) is 5.87. The molecule has 6 nitrogen and oxygen atoms in total. The third-order valence-corrected chi connectivity index (χ3v) is 4.31. The topological polar surface area (TPSA) is 104 Å². The Hall–Kier alpha value is -1.51. The molecule has 1 atom stereocenters. The second-order valence-electron chi connectivity index (χ2n) is 4.19. The number of hydrogen-bond donors (Lipinski definition) is 3. The molecule has 1 aromatic rings. The Balaban J connectivity index is 3.06. The van der Waals surface area contributed by atoms with E-state index in [2.05, 4.69) is 4.72 Å². The summed E-state index contributed by atoms with van der Waals surface area (Å²) in [5.74, 6) is -2.47. The minimum absolute atomic E-state index is 0.193. The molecule has 0 saturated heterocycles. The molecule has 20 heavy (non-hydrogen) atoms. The van der Waals surface area contributed by atoms with Crippen molar-refractivity contribution in [2.75, 3.05) is 6.61 Å². The summed E-state index contributed by atoms with van der Waals surface area (Å²) in [7, 11) is -4.10. The highest BCUT2D eigenvalue weighted by Gasteiger charge is 2.23. The standard InChI is InChI=1S/C12H16FNO5S/c1-2-9(5-6-15)14-20(18,19)11-4-3-8(12(16)17)7-10(11)13/h3-4,7,9,14-15H,2,5-6H2,1H3,(H,16,17). The number of aliphatic hydroxyl groups excluding tert-OH is 1. The van der Waals surface area contributed by atoms with E-state index in [4.69, 9.17) is 10.2 Å². The van der Waals surface area contributed by atoms with E-state index in [0.29, 0.717) is 12.5 Å². The first-order valence-corrected chi connectivity index (χ1v) is 7.46. The summed E-state index contributed by atoms with van der Waals surface area (Å²) in [5.41, 5.74) is -0.330. The van der Waals surface area contributed by atoms with Gasteiger partial charge in [-0.25, -0.2) is 22.3 Å². The van der Waals surface area contributed by atoms with Crippen molar-refractivity contribution in [3.8, 4) is 0 Å². The highest BCUT2D eigenvalue weighted by Crippen LogP contribution is 2.17. The normalized spacial score (nSPS) is 13.2. The zero-order valence-corrected chi connectivity index (χ0v) is 11.7. The van der Waals surface area contributed by atoms with Gasteiger partial charge in [0.05, 0.1) is 5.56 Å². The number of rotatable bonds is 7. The number of benzene rings is 1. The summed E-state index contributed by atoms with van der Waals surface area (Å²) in [6.45, 7) is 1.54. The third-order valence-electron chi connectivity index (χ3n) is 2.76. The van der Waals surface area contributed by atoms with Crippen molar-refractivity contribution in [1.29, 1.82) is 0 Å². The van der Waals surface area contributed by atoms with Gasteiger partial charge < -0.3 is 10.2 Å². The van der Waals surface area contributed by atoms with Gasteiger partial charge in [0, 0.05) is 12.6 Å². The molecule has 0 radical (unpaired) electrons. The van der Waals surface area contributed by atoms with Crippen LogP contribution < -0.4 is 4.72 Å². The molecule has 112 valence electrons. The predicted molar refractivity (Wildman–Crippen MR) is 69.5 cm³/mol. The van der Waals surface area contributed by atoms with Crippen LogP contribution in [0.1, 0.15) is 30.1 Å². The number of aliphatic hydroxyl groups is 1. The molecule has 0 aliphatic rings. The lowest BCUT2D eigenvalue weighted by Crippen LogP contribution is -2.35. The van der Waals surface area contributed by atoms with Gasteiger partial charge in [-0.15, -0.1) is 0 Å². The van der Waals surface area contributed by atoms with E-state index in [1.807, 2.05) is 0 Å². The first-order valence-electron chi connectivity index (χ1n) is 5.97. The number of hydrogen-bond acceptors (Lipinski definition) is 4. The summed E-state index contributed by atoms with van der Waals surface area (Å²) in [6, 6.07) is 2.08. The second kappa shape index (κ2) is 6.78. The summed E-state index contributed by atoms with van der Waals surface area (Å²) < 4.78 is 40.0. The van der Waals surface area contributed by atoms with E-state index in [0.717, 1.165) is 12.1 Å². The first-order chi connectivity index (χ1) is 9.31. The fourth-order valence-electron chi connectivity index (χ4n) is 1.64. The summed E-state index contributed by atoms with van der Waals surface area (Å²) in [5, 5.41) is 17.5. The van der Waals surface area contributed by atoms with Crippen LogP contribution in [0.25, 0.3) is 0 Å². The third kappa shape index (κ3) is 3.99. The first kappa shape index (κ1) is 16.5. The Labute approximate surface area is 116 Å². The quantitative estimate of drug-likeness (QED) is 0.696. The average molecular weight is 305 g/mol. The lowest BCUT2D eigenvalue weighted by atomic mass is 10.2. The average Bonchev–Trinajstić information content (AvgIpc) is 2.37. The molecule has 0 aliphatic heterocycles. The maximum Gasteiger partial charge on any atom is 0.335 e. The minimum Gasteiger partial charge on any atom is -0.478 e. The fraction of sp³-hybridized carbons (Fsp3) is 0.417. The number of carboxylic acid groups (broad SMARTS) is 1. The van der Waals surface area contributed by atoms with Crippen molar-refractivity contribution < 1.29 is 27.8 Å². The molecule has 0 saturated carbocycles. The Kier molecular flexibility index (Phi) is 5.61. The van der Waals surface area contributed by atoms with Gasteiger partial charge in [-0.1, -0.05) is 6.92 Å². The van der Waals surface area contributed by atoms with E-state index in [-0.39, 0.29) is 18.6 Å². The molecular weight excluding hydrogens is 289 g/mol. The van der Waals surface area contributed by atoms with Gasteiger partial charge in [0.2, 0.25) is 10.0 Å². The molecule has 0 heterocycles. The van der Waals surface area contributed by atoms with Crippen LogP contribution in [0.2, 0.25) is 0 Å². The molecule has 0 spiro atoms. The van der Waals surface area contributed by atoms with E-state index < -0.39 is 32.7 Å². The van der Waals surface area contributed by atoms with Gasteiger partial charge in [0.15, 0.2) is 0 Å². The highest BCUT2D eigenvalue weighted by molar-refractivity contribution is 7.89. The molecule has 1 aromatic carbocycles. The molecule has 1 rings (SSSR count). The molecule has 0 aliphatic carbocycles. The van der Waals surface area contributed by atoms with Gasteiger partial charge in [0.1, 0.15) is 10.7 Å². The largest absolute Gasteiger partial charge is 0.478 e. The smallest absolute Gasteiger partial charge is 0.335 e. The number of aromatic carboxylic acids is 1. The van der Waals surface area contributed by atoms with Crippen LogP contribution in [-0.2, 0) is 10.0 Å². The van der Waals surface area contributed by atoms with Crippen LogP contribution in [0.3, 0.4) is 0 Å². The van der Waals surface area contributed by atoms with Crippen LogP contribution in [0.5, 0.6) is 0 Å². The van der Waals surface area contributed by atoms with E-state index >= 15 is 0 Å². The van der Waals surface area contributed by atoms with Gasteiger partial charge >= 0.3 is 5.97 Å². The molecule has 3 N–H and O–H groups in total. The number of carbonyl (C=O) groups is 1. The minimum atomic E-state index is -4.10. The van der Waals surface area contributed by atoms with E-state index in [1.165, 1.54) is 0 Å². The fourth-order valence-corrected chi connectivity index (χ4v) is 3.05. The Bertz CT molecular complexity index is 588. The summed E-state index contributed by atoms with van der Waals surface area (Å²) in [6.07, 6.45) is 0.652. The predicted octanol–water partition coefficient (Wildman–Crippen LogP) is 0.963. The summed E-state index contributed by atoms with van der Waals surface area (Å²) in [4.78, 5) is 10.1. The van der Waals surface area contributed by atoms with Gasteiger partial charge in [-0.3, -0.25) is 0 Å². The van der Waals surface area contributed by atoms with E-state index in [9.17, 15) is 17.6 Å². The number of halogens is 1. The molecule has 0 amide bonds. The van der Waals surface area contributed by atoms with Gasteiger partial charge in [-0.2, -0.15) is 0 Å². The maximum atomic E-state index is 13.7. The molecule has 0 aromatic heterocycles. The van der Waals surface area contributed by atoms with Crippen molar-refractivity contribution in [2.24, 2.45) is 0 Å². The molecular formula is C12H16FNO5S. The number of carboxylic acids is 1. The van der Waals surface area contributed by atoms with Crippen LogP contribution in [0, 0.1) is 5.82 Å². The van der Waals surface area contributed by atoms with Crippen molar-refractivity contribution in [2.45, 2.75) is 30.7 Å². The molecule has 0 fully saturated rings. The number of nitrogens with one attached hydrogen (secondary N) is 1. The molecule has 0 bridgehead atoms. The molecule has 8 heteroatoms. The highest BCUT2D eigenvalue weighted by atomic mass is 32.2. The van der Waals surface area contributed by atoms with Crippen LogP contribution >= 0.6 is 0 Å². The Morgan fingerprint density at radius 2 is 2.10 bits per heavy atom. The Morgan fingerprint density at radius 3 is 2.55 bits per heavy atom. The zero-order valence-electron chi connectivity index (χ0n) is 10.8. The van der Waals surface area contributed by atoms with Gasteiger partial charge in [0.25, 0.3) is 0 Å². The zero-order chi connectivity index (χ0) is 15.3. The summed E-state index contributed by atoms with van der Waals surface area (Å²) >= 11 is 0. The van der Waals surface area contributed by atoms with Crippen molar-refractivity contribution in [3.05, 3.63) is 29.6 Å². The van der Waals surface area contributed by atoms with Crippen molar-refractivity contribution in [3.63, 3.8) is 0 Å².